The molecular formula is C31H39Al2N2P. The molecular weight excluding hydrogens is 485 g/mol. The fraction of sp³-hybridized carbons (Fsp3) is 0.323. The Morgan fingerprint density at radius 2 is 1.19 bits per heavy atom. The Morgan fingerprint density at radius 1 is 0.667 bits per heavy atom. The van der Waals surface area contributed by atoms with Gasteiger partial charge in [0.15, 0.2) is 0 Å². The van der Waals surface area contributed by atoms with Gasteiger partial charge in [-0.2, -0.15) is 0 Å². The maximum Gasteiger partial charge on any atom is 0.261 e. The fourth-order valence-corrected chi connectivity index (χ4v) is 25.6. The summed E-state index contributed by atoms with van der Waals surface area (Å²) in [7, 11) is -2.31. The molecule has 184 valence electrons. The predicted octanol–water partition coefficient (Wildman–Crippen LogP) is 7.98. The molecule has 0 amide bonds. The first kappa shape index (κ1) is 27.4. The number of hydrogen-bond acceptors (Lipinski definition) is 2. The Morgan fingerprint density at radius 3 is 1.67 bits per heavy atom. The minimum Gasteiger partial charge on any atom is -0.290 e. The topological polar surface area (TPSA) is 25.2 Å². The van der Waals surface area contributed by atoms with Gasteiger partial charge in [-0.1, -0.05) is 84.9 Å². The van der Waals surface area contributed by atoms with E-state index >= 15 is 0 Å². The van der Waals surface area contributed by atoms with Crippen molar-refractivity contribution in [1.29, 1.82) is 0 Å². The van der Waals surface area contributed by atoms with Crippen molar-refractivity contribution in [3.05, 3.63) is 102 Å². The van der Waals surface area contributed by atoms with Gasteiger partial charge < -0.3 is 0 Å². The molecule has 0 aliphatic heterocycles. The molecule has 0 saturated heterocycles. The monoisotopic (exact) mass is 524 g/mol. The maximum atomic E-state index is 6.05. The van der Waals surface area contributed by atoms with Crippen LogP contribution in [0.15, 0.2) is 95.7 Å². The number of fused-ring (bicyclic) bond motifs is 1. The van der Waals surface area contributed by atoms with Crippen LogP contribution >= 0.6 is 7.05 Å². The number of aromatic nitrogens is 1. The van der Waals surface area contributed by atoms with Crippen molar-refractivity contribution in [2.45, 2.75) is 59.3 Å². The summed E-state index contributed by atoms with van der Waals surface area (Å²) in [5.74, 6) is 10.3. The molecule has 4 rings (SSSR count). The zero-order valence-corrected chi connectivity index (χ0v) is 26.4. The molecule has 0 spiro atoms. The highest BCUT2D eigenvalue weighted by atomic mass is 31.2. The van der Waals surface area contributed by atoms with Gasteiger partial charge >= 0.3 is 0 Å². The zero-order valence-electron chi connectivity index (χ0n) is 23.2. The van der Waals surface area contributed by atoms with Crippen LogP contribution in [0.4, 0.5) is 0 Å². The lowest BCUT2D eigenvalue weighted by molar-refractivity contribution is 0.590. The van der Waals surface area contributed by atoms with Crippen molar-refractivity contribution in [3.8, 4) is 0 Å². The van der Waals surface area contributed by atoms with Gasteiger partial charge in [-0.15, -0.1) is 23.1 Å². The second-order valence-corrected chi connectivity index (χ2v) is 22.9. The summed E-state index contributed by atoms with van der Waals surface area (Å²) in [5, 5.41) is 4.04. The third kappa shape index (κ3) is 4.69. The van der Waals surface area contributed by atoms with Crippen LogP contribution in [-0.4, -0.2) is 38.8 Å². The molecule has 1 heterocycles. The largest absolute Gasteiger partial charge is 0.290 e. The Balaban J connectivity index is 2.36. The molecule has 4 aromatic rings. The maximum absolute atomic E-state index is 6.05. The first-order valence-electron chi connectivity index (χ1n) is 13.2. The SMILES string of the molecule is Cc1ccc2cccc([C]([Al]([CH3])[CH3])([Al]([CH3])[CH3])P(=NC(C)(C)C)(c3ccccc3)c3ccccc3)c2n1. The summed E-state index contributed by atoms with van der Waals surface area (Å²) in [6.07, 6.45) is 0. The molecule has 0 radical (unpaired) electrons. The van der Waals surface area contributed by atoms with Crippen molar-refractivity contribution < 1.29 is 0 Å². The number of benzene rings is 3. The van der Waals surface area contributed by atoms with E-state index in [4.69, 9.17) is 9.73 Å². The molecule has 0 N–H and O–H groups in total. The first-order valence-corrected chi connectivity index (χ1v) is 20.7. The molecule has 0 bridgehead atoms. The van der Waals surface area contributed by atoms with Gasteiger partial charge in [-0.3, -0.25) is 9.73 Å². The molecule has 0 fully saturated rings. The Bertz CT molecular complexity index is 1340. The van der Waals surface area contributed by atoms with Crippen LogP contribution in [-0.2, 0) is 2.88 Å². The Labute approximate surface area is 227 Å². The molecule has 0 saturated carbocycles. The average molecular weight is 525 g/mol. The highest BCUT2D eigenvalue weighted by molar-refractivity contribution is 7.85. The number of pyridine rings is 1. The molecule has 0 unspecified atom stereocenters. The van der Waals surface area contributed by atoms with E-state index in [0.717, 1.165) is 5.69 Å². The van der Waals surface area contributed by atoms with Crippen LogP contribution in [0.5, 0.6) is 0 Å². The third-order valence-electron chi connectivity index (χ3n) is 7.30. The molecule has 0 atom stereocenters. The van der Waals surface area contributed by atoms with Gasteiger partial charge in [-0.25, -0.2) is 0 Å². The highest BCUT2D eigenvalue weighted by Gasteiger charge is 2.56. The molecule has 3 aromatic carbocycles. The summed E-state index contributed by atoms with van der Waals surface area (Å²) in [4.78, 5) is 5.22. The van der Waals surface area contributed by atoms with Crippen molar-refractivity contribution in [2.24, 2.45) is 4.74 Å². The van der Waals surface area contributed by atoms with E-state index in [-0.39, 0.29) is 8.42 Å². The van der Waals surface area contributed by atoms with Crippen molar-refractivity contribution in [1.82, 2.24) is 4.98 Å². The number of rotatable bonds is 6. The molecule has 36 heavy (non-hydrogen) atoms. The van der Waals surface area contributed by atoms with Gasteiger partial charge in [0, 0.05) is 18.1 Å². The van der Waals surface area contributed by atoms with E-state index in [1.165, 1.54) is 27.1 Å². The van der Waals surface area contributed by atoms with Crippen LogP contribution in [0.3, 0.4) is 0 Å². The second-order valence-electron chi connectivity index (χ2n) is 11.5. The molecule has 0 aliphatic rings. The summed E-state index contributed by atoms with van der Waals surface area (Å²) >= 11 is -2.81. The quantitative estimate of drug-likeness (QED) is 0.185. The smallest absolute Gasteiger partial charge is 0.261 e. The van der Waals surface area contributed by atoms with Gasteiger partial charge in [-0.05, 0) is 52.8 Å². The van der Waals surface area contributed by atoms with E-state index in [1.807, 2.05) is 0 Å². The van der Waals surface area contributed by atoms with Crippen LogP contribution in [0.25, 0.3) is 10.9 Å². The molecule has 5 heteroatoms. The first-order chi connectivity index (χ1) is 17.0. The molecule has 2 nitrogen and oxygen atoms in total. The summed E-state index contributed by atoms with van der Waals surface area (Å²) in [5.41, 5.74) is 3.52. The summed E-state index contributed by atoms with van der Waals surface area (Å²) in [6, 6.07) is 33.9. The minimum atomic E-state index is -2.31. The van der Waals surface area contributed by atoms with Gasteiger partial charge in [0.05, 0.1) is 11.1 Å². The number of nitrogens with zero attached hydrogens (tertiary/aromatic N) is 2. The van der Waals surface area contributed by atoms with E-state index in [1.54, 1.807) is 0 Å². The average Bonchev–Trinajstić information content (AvgIpc) is 2.84. The van der Waals surface area contributed by atoms with E-state index in [9.17, 15) is 0 Å². The van der Waals surface area contributed by atoms with Gasteiger partial charge in [0.1, 0.15) is 0 Å². The zero-order chi connectivity index (χ0) is 26.1. The van der Waals surface area contributed by atoms with E-state index < -0.39 is 35.4 Å². The Hall–Kier alpha value is -1.64. The van der Waals surface area contributed by atoms with Gasteiger partial charge in [0.2, 0.25) is 0 Å². The normalized spacial score (nSPS) is 12.4. The van der Waals surface area contributed by atoms with E-state index in [0.29, 0.717) is 0 Å². The summed E-state index contributed by atoms with van der Waals surface area (Å²) in [6.45, 7) is 8.97. The van der Waals surface area contributed by atoms with Crippen LogP contribution < -0.4 is 10.6 Å². The van der Waals surface area contributed by atoms with Crippen molar-refractivity contribution in [2.75, 3.05) is 0 Å². The number of para-hydroxylation sites is 1. The third-order valence-corrected chi connectivity index (χ3v) is 25.1. The lowest BCUT2D eigenvalue weighted by atomic mass is 10.1. The number of aryl methyl sites for hydroxylation is 1. The predicted molar refractivity (Wildman–Crippen MR) is 164 cm³/mol. The highest BCUT2D eigenvalue weighted by Crippen LogP contribution is 2.68. The Kier molecular flexibility index (Phi) is 8.08. The molecule has 0 aliphatic carbocycles. The van der Waals surface area contributed by atoms with Crippen molar-refractivity contribution >= 4 is 56.9 Å². The fourth-order valence-electron chi connectivity index (χ4n) is 6.29. The second kappa shape index (κ2) is 10.6. The van der Waals surface area contributed by atoms with Crippen LogP contribution in [0, 0.1) is 6.92 Å². The summed E-state index contributed by atoms with van der Waals surface area (Å²) < 4.78 is 6.06. The number of hydrogen-bond donors (Lipinski definition) is 0. The van der Waals surface area contributed by atoms with Crippen LogP contribution in [0.2, 0.25) is 23.1 Å². The standard InChI is InChI=1S/C27H27N2P.4CH3.2Al/c1-21-18-19-22-12-11-13-23(26(22)28-21)20-30(29-27(2,3)4,24-14-7-5-8-15-24)25-16-9-6-10-17-25;;;;;;/h5-19H,1-4H3;4*1H3;;. The molecule has 1 aromatic heterocycles. The van der Waals surface area contributed by atoms with Crippen molar-refractivity contribution in [3.63, 3.8) is 0 Å². The lowest BCUT2D eigenvalue weighted by Gasteiger charge is -2.51. The lowest BCUT2D eigenvalue weighted by Crippen LogP contribution is -2.54. The van der Waals surface area contributed by atoms with Gasteiger partial charge in [0.25, 0.3) is 28.3 Å². The minimum absolute atomic E-state index is 0.00326. The van der Waals surface area contributed by atoms with Crippen LogP contribution in [0.1, 0.15) is 32.0 Å². The van der Waals surface area contributed by atoms with E-state index in [2.05, 4.69) is 142 Å².